The molecule has 0 unspecified atom stereocenters. The zero-order chi connectivity index (χ0) is 11.7. The van der Waals surface area contributed by atoms with Crippen LogP contribution in [0, 0.1) is 3.57 Å². The van der Waals surface area contributed by atoms with Crippen molar-refractivity contribution >= 4 is 69.9 Å². The van der Waals surface area contributed by atoms with Gasteiger partial charge in [-0.15, -0.1) is 0 Å². The molecular weight excluding hydrogens is 452 g/mol. The van der Waals surface area contributed by atoms with Crippen molar-refractivity contribution in [2.24, 2.45) is 0 Å². The smallest absolute Gasteiger partial charge is 0.252 e. The molecule has 4 nitrogen and oxygen atoms in total. The van der Waals surface area contributed by atoms with Crippen molar-refractivity contribution in [3.05, 3.63) is 27.6 Å². The van der Waals surface area contributed by atoms with E-state index in [4.69, 9.17) is 0 Å². The first-order valence-electron chi connectivity index (χ1n) is 4.35. The van der Waals surface area contributed by atoms with Gasteiger partial charge in [0.25, 0.3) is 5.91 Å². The van der Waals surface area contributed by atoms with Crippen molar-refractivity contribution in [3.63, 3.8) is 0 Å². The first-order chi connectivity index (χ1) is 7.67. The minimum Gasteiger partial charge on any atom is -0.355 e. The van der Waals surface area contributed by atoms with Crippen LogP contribution in [0.4, 0.5) is 0 Å². The number of pyridine rings is 1. The van der Waals surface area contributed by atoms with Crippen LogP contribution >= 0.6 is 52.9 Å². The number of hydrogen-bond acceptors (Lipinski definition) is 3. The minimum atomic E-state index is -0.111. The topological polar surface area (TPSA) is 46.9 Å². The number of amides is 1. The van der Waals surface area contributed by atoms with Crippen molar-refractivity contribution < 1.29 is 4.79 Å². The number of nitrogens with zero attached hydrogens (tertiary/aromatic N) is 2. The second-order valence-corrected chi connectivity index (χ2v) is 5.92. The summed E-state index contributed by atoms with van der Waals surface area (Å²) in [6.45, 7) is 0. The molecule has 84 valence electrons. The Bertz CT molecular complexity index is 555. The average molecular weight is 459 g/mol. The SMILES string of the molecule is CNC(=O)c1cnc2c(c1)c(I)cn2SI. The van der Waals surface area contributed by atoms with Crippen LogP contribution in [0.2, 0.25) is 0 Å². The van der Waals surface area contributed by atoms with Crippen molar-refractivity contribution in [2.75, 3.05) is 7.05 Å². The second-order valence-electron chi connectivity index (χ2n) is 3.05. The molecule has 2 heterocycles. The summed E-state index contributed by atoms with van der Waals surface area (Å²) < 4.78 is 3.07. The highest BCUT2D eigenvalue weighted by Gasteiger charge is 2.11. The van der Waals surface area contributed by atoms with E-state index >= 15 is 0 Å². The van der Waals surface area contributed by atoms with Crippen LogP contribution in [-0.4, -0.2) is 21.9 Å². The molecule has 0 radical (unpaired) electrons. The number of aromatic nitrogens is 2. The summed E-state index contributed by atoms with van der Waals surface area (Å²) >= 11 is 4.45. The van der Waals surface area contributed by atoms with Gasteiger partial charge in [-0.1, -0.05) is 0 Å². The molecule has 2 rings (SSSR count). The Labute approximate surface area is 122 Å². The number of carbonyl (C=O) groups is 1. The molecule has 0 atom stereocenters. The molecule has 0 aliphatic heterocycles. The van der Waals surface area contributed by atoms with Crippen LogP contribution < -0.4 is 5.32 Å². The Morgan fingerprint density at radius 2 is 2.38 bits per heavy atom. The molecule has 0 fully saturated rings. The zero-order valence-electron chi connectivity index (χ0n) is 8.20. The molecule has 1 N–H and O–H groups in total. The van der Waals surface area contributed by atoms with Crippen LogP contribution in [-0.2, 0) is 0 Å². The lowest BCUT2D eigenvalue weighted by Crippen LogP contribution is -2.17. The molecule has 16 heavy (non-hydrogen) atoms. The van der Waals surface area contributed by atoms with Gasteiger partial charge in [-0.25, -0.2) is 4.98 Å². The third kappa shape index (κ3) is 2.16. The summed E-state index contributed by atoms with van der Waals surface area (Å²) in [6, 6.07) is 1.87. The van der Waals surface area contributed by atoms with Crippen molar-refractivity contribution in [2.45, 2.75) is 0 Å². The van der Waals surface area contributed by atoms with Gasteiger partial charge in [-0.05, 0) is 28.7 Å². The summed E-state index contributed by atoms with van der Waals surface area (Å²) in [4.78, 5) is 15.8. The zero-order valence-corrected chi connectivity index (χ0v) is 13.3. The van der Waals surface area contributed by atoms with E-state index in [1.165, 1.54) is 0 Å². The lowest BCUT2D eigenvalue weighted by molar-refractivity contribution is 0.0963. The van der Waals surface area contributed by atoms with E-state index in [1.54, 1.807) is 22.4 Å². The van der Waals surface area contributed by atoms with E-state index in [0.29, 0.717) is 5.56 Å². The Balaban J connectivity index is 2.62. The van der Waals surface area contributed by atoms with E-state index in [1.807, 2.05) is 16.2 Å². The quantitative estimate of drug-likeness (QED) is 0.704. The number of fused-ring (bicyclic) bond motifs is 1. The predicted octanol–water partition coefficient (Wildman–Crippen LogP) is 2.85. The maximum Gasteiger partial charge on any atom is 0.252 e. The Morgan fingerprint density at radius 1 is 1.62 bits per heavy atom. The fraction of sp³-hybridized carbons (Fsp3) is 0.111. The highest BCUT2D eigenvalue weighted by molar-refractivity contribution is 14.2. The summed E-state index contributed by atoms with van der Waals surface area (Å²) in [5, 5.41) is 3.60. The highest BCUT2D eigenvalue weighted by atomic mass is 127. The summed E-state index contributed by atoms with van der Waals surface area (Å²) in [5.74, 6) is -0.111. The molecule has 2 aromatic rings. The van der Waals surface area contributed by atoms with Crippen LogP contribution in [0.3, 0.4) is 0 Å². The van der Waals surface area contributed by atoms with Crippen molar-refractivity contribution in [1.82, 2.24) is 14.3 Å². The van der Waals surface area contributed by atoms with Gasteiger partial charge in [-0.3, -0.25) is 8.77 Å². The first kappa shape index (κ1) is 12.4. The third-order valence-corrected chi connectivity index (χ3v) is 4.69. The fourth-order valence-corrected chi connectivity index (χ4v) is 3.49. The standard InChI is InChI=1S/C9H7I2N3OS/c1-12-9(15)5-2-6-7(10)4-14(16-11)8(6)13-3-5/h2-4H,1H3,(H,12,15). The van der Waals surface area contributed by atoms with E-state index in [9.17, 15) is 4.79 Å². The van der Waals surface area contributed by atoms with Gasteiger partial charge in [0.15, 0.2) is 5.65 Å². The van der Waals surface area contributed by atoms with Gasteiger partial charge < -0.3 is 5.32 Å². The molecule has 7 heteroatoms. The van der Waals surface area contributed by atoms with Gasteiger partial charge in [0.05, 0.1) is 5.56 Å². The van der Waals surface area contributed by atoms with E-state index in [-0.39, 0.29) is 5.91 Å². The molecule has 2 aromatic heterocycles. The molecule has 0 aromatic carbocycles. The number of nitrogens with one attached hydrogen (secondary N) is 1. The molecular formula is C9H7I2N3OS. The second kappa shape index (κ2) is 5.08. The number of rotatable bonds is 2. The Hall–Kier alpha value is -0.0300. The molecule has 0 aliphatic carbocycles. The van der Waals surface area contributed by atoms with Gasteiger partial charge in [0, 0.05) is 58.7 Å². The van der Waals surface area contributed by atoms with Gasteiger partial charge in [0.1, 0.15) is 0 Å². The predicted molar refractivity (Wildman–Crippen MR) is 82.8 cm³/mol. The van der Waals surface area contributed by atoms with Gasteiger partial charge in [-0.2, -0.15) is 0 Å². The van der Waals surface area contributed by atoms with Crippen LogP contribution in [0.25, 0.3) is 11.0 Å². The minimum absolute atomic E-state index is 0.111. The normalized spacial score (nSPS) is 10.7. The number of hydrogen-bond donors (Lipinski definition) is 1. The van der Waals surface area contributed by atoms with Crippen molar-refractivity contribution in [3.8, 4) is 0 Å². The molecule has 0 saturated carbocycles. The first-order valence-corrected chi connectivity index (χ1v) is 8.74. The van der Waals surface area contributed by atoms with E-state index < -0.39 is 0 Å². The third-order valence-electron chi connectivity index (χ3n) is 2.13. The van der Waals surface area contributed by atoms with E-state index in [0.717, 1.165) is 14.6 Å². The largest absolute Gasteiger partial charge is 0.355 e. The maximum atomic E-state index is 11.5. The number of halogens is 2. The van der Waals surface area contributed by atoms with Crippen LogP contribution in [0.5, 0.6) is 0 Å². The average Bonchev–Trinajstić information content (AvgIpc) is 2.64. The van der Waals surface area contributed by atoms with E-state index in [2.05, 4.69) is 54.1 Å². The lowest BCUT2D eigenvalue weighted by atomic mass is 10.2. The van der Waals surface area contributed by atoms with Crippen LogP contribution in [0.15, 0.2) is 18.5 Å². The molecule has 0 bridgehead atoms. The van der Waals surface area contributed by atoms with Crippen LogP contribution in [0.1, 0.15) is 10.4 Å². The molecule has 0 spiro atoms. The van der Waals surface area contributed by atoms with Gasteiger partial charge >= 0.3 is 0 Å². The fourth-order valence-electron chi connectivity index (χ4n) is 1.36. The summed E-state index contributed by atoms with van der Waals surface area (Å²) in [6.07, 6.45) is 3.60. The van der Waals surface area contributed by atoms with Crippen molar-refractivity contribution in [1.29, 1.82) is 0 Å². The Morgan fingerprint density at radius 3 is 3.00 bits per heavy atom. The molecule has 0 aliphatic rings. The summed E-state index contributed by atoms with van der Waals surface area (Å²) in [5.41, 5.74) is 1.47. The molecule has 0 saturated heterocycles. The monoisotopic (exact) mass is 459 g/mol. The summed E-state index contributed by atoms with van der Waals surface area (Å²) in [7, 11) is 3.17. The maximum absolute atomic E-state index is 11.5. The molecule has 1 amide bonds. The Kier molecular flexibility index (Phi) is 3.95. The highest BCUT2D eigenvalue weighted by Crippen LogP contribution is 2.28. The van der Waals surface area contributed by atoms with Gasteiger partial charge in [0.2, 0.25) is 0 Å². The number of carbonyl (C=O) groups excluding carboxylic acids is 1. The lowest BCUT2D eigenvalue weighted by Gasteiger charge is -2.00.